The van der Waals surface area contributed by atoms with Crippen LogP contribution in [0.2, 0.25) is 5.02 Å². The maximum absolute atomic E-state index is 10.8. The molecule has 0 saturated carbocycles. The van der Waals surface area contributed by atoms with Crippen LogP contribution in [0.4, 0.5) is 0 Å². The number of carboxylic acids is 1. The first-order valence-corrected chi connectivity index (χ1v) is 7.01. The lowest BCUT2D eigenvalue weighted by molar-refractivity contribution is 0.0697. The molecule has 0 radical (unpaired) electrons. The quantitative estimate of drug-likeness (QED) is 0.856. The Morgan fingerprint density at radius 1 is 1.22 bits per heavy atom. The number of carbonyl (C=O) groups is 1. The zero-order chi connectivity index (χ0) is 13.1. The van der Waals surface area contributed by atoms with Crippen molar-refractivity contribution in [1.82, 2.24) is 0 Å². The molecule has 2 nitrogen and oxygen atoms in total. The molecule has 0 amide bonds. The molecule has 0 aliphatic heterocycles. The molecule has 0 saturated heterocycles. The van der Waals surface area contributed by atoms with E-state index >= 15 is 0 Å². The van der Waals surface area contributed by atoms with Crippen LogP contribution < -0.4 is 0 Å². The Kier molecular flexibility index (Phi) is 4.32. The zero-order valence-corrected chi connectivity index (χ0v) is 12.2. The Labute approximate surface area is 122 Å². The molecular formula is C13H8BrClO2S. The minimum atomic E-state index is -0.976. The van der Waals surface area contributed by atoms with Gasteiger partial charge < -0.3 is 5.11 Å². The van der Waals surface area contributed by atoms with Crippen molar-refractivity contribution in [3.05, 3.63) is 57.5 Å². The molecule has 0 fully saturated rings. The molecular weight excluding hydrogens is 336 g/mol. The zero-order valence-electron chi connectivity index (χ0n) is 9.06. The van der Waals surface area contributed by atoms with E-state index in [9.17, 15) is 4.79 Å². The van der Waals surface area contributed by atoms with Gasteiger partial charge in [-0.3, -0.25) is 0 Å². The summed E-state index contributed by atoms with van der Waals surface area (Å²) in [7, 11) is 0. The van der Waals surface area contributed by atoms with E-state index in [1.807, 2.05) is 24.3 Å². The molecule has 18 heavy (non-hydrogen) atoms. The Morgan fingerprint density at radius 2 is 2.00 bits per heavy atom. The van der Waals surface area contributed by atoms with Gasteiger partial charge in [-0.15, -0.1) is 0 Å². The van der Waals surface area contributed by atoms with Gasteiger partial charge in [0.15, 0.2) is 0 Å². The molecule has 0 spiro atoms. The normalized spacial score (nSPS) is 10.3. The molecule has 0 atom stereocenters. The summed E-state index contributed by atoms with van der Waals surface area (Å²) >= 11 is 11.0. The summed E-state index contributed by atoms with van der Waals surface area (Å²) in [6, 6.07) is 12.6. The van der Waals surface area contributed by atoms with Gasteiger partial charge >= 0.3 is 5.97 Å². The third-order valence-electron chi connectivity index (χ3n) is 2.20. The van der Waals surface area contributed by atoms with Crippen molar-refractivity contribution in [2.45, 2.75) is 9.79 Å². The number of halogens is 2. The van der Waals surface area contributed by atoms with Crippen LogP contribution in [0.25, 0.3) is 0 Å². The van der Waals surface area contributed by atoms with Crippen LogP contribution in [0.15, 0.2) is 56.7 Å². The lowest BCUT2D eigenvalue weighted by Gasteiger charge is -2.05. The second-order valence-electron chi connectivity index (χ2n) is 3.51. The molecule has 0 bridgehead atoms. The highest BCUT2D eigenvalue weighted by atomic mass is 79.9. The van der Waals surface area contributed by atoms with Crippen LogP contribution >= 0.6 is 39.3 Å². The van der Waals surface area contributed by atoms with Gasteiger partial charge in [0.2, 0.25) is 0 Å². The van der Waals surface area contributed by atoms with Gasteiger partial charge in [-0.2, -0.15) is 0 Å². The van der Waals surface area contributed by atoms with Gasteiger partial charge in [0.05, 0.1) is 10.6 Å². The van der Waals surface area contributed by atoms with E-state index in [-0.39, 0.29) is 5.56 Å². The lowest BCUT2D eigenvalue weighted by Crippen LogP contribution is -1.95. The summed E-state index contributed by atoms with van der Waals surface area (Å²) in [6.07, 6.45) is 0. The standard InChI is InChI=1S/C13H8BrClO2S/c14-9-2-1-3-10(7-9)18-12-5-4-8(13(16)17)6-11(12)15/h1-7H,(H,16,17). The molecule has 2 rings (SSSR count). The van der Waals surface area contributed by atoms with Crippen LogP contribution in [0.5, 0.6) is 0 Å². The third-order valence-corrected chi connectivity index (χ3v) is 4.19. The fraction of sp³-hybridized carbons (Fsp3) is 0. The van der Waals surface area contributed by atoms with Crippen molar-refractivity contribution in [2.75, 3.05) is 0 Å². The van der Waals surface area contributed by atoms with Crippen molar-refractivity contribution in [2.24, 2.45) is 0 Å². The highest BCUT2D eigenvalue weighted by Crippen LogP contribution is 2.34. The molecule has 0 aliphatic carbocycles. The van der Waals surface area contributed by atoms with Crippen LogP contribution in [0.1, 0.15) is 10.4 Å². The molecule has 2 aromatic carbocycles. The molecule has 2 aromatic rings. The summed E-state index contributed by atoms with van der Waals surface area (Å²) < 4.78 is 0.991. The molecule has 0 heterocycles. The molecule has 0 aliphatic rings. The second-order valence-corrected chi connectivity index (χ2v) is 5.95. The average molecular weight is 344 g/mol. The number of rotatable bonds is 3. The van der Waals surface area contributed by atoms with Crippen molar-refractivity contribution in [3.8, 4) is 0 Å². The number of carboxylic acid groups (broad SMARTS) is 1. The Balaban J connectivity index is 2.27. The first kappa shape index (κ1) is 13.5. The van der Waals surface area contributed by atoms with Crippen molar-refractivity contribution < 1.29 is 9.90 Å². The fourth-order valence-electron chi connectivity index (χ4n) is 1.37. The Bertz CT molecular complexity index is 601. The van der Waals surface area contributed by atoms with E-state index in [0.29, 0.717) is 5.02 Å². The van der Waals surface area contributed by atoms with Gasteiger partial charge in [0.25, 0.3) is 0 Å². The van der Waals surface area contributed by atoms with E-state index in [0.717, 1.165) is 14.3 Å². The summed E-state index contributed by atoms with van der Waals surface area (Å²) in [5, 5.41) is 9.30. The minimum absolute atomic E-state index is 0.193. The van der Waals surface area contributed by atoms with Gasteiger partial charge in [-0.1, -0.05) is 45.4 Å². The second kappa shape index (κ2) is 5.78. The highest BCUT2D eigenvalue weighted by Gasteiger charge is 2.08. The number of hydrogen-bond acceptors (Lipinski definition) is 2. The number of aromatic carboxylic acids is 1. The van der Waals surface area contributed by atoms with Crippen LogP contribution in [0, 0.1) is 0 Å². The highest BCUT2D eigenvalue weighted by molar-refractivity contribution is 9.10. The topological polar surface area (TPSA) is 37.3 Å². The number of benzene rings is 2. The predicted octanol–water partition coefficient (Wildman–Crippen LogP) is 4.95. The molecule has 1 N–H and O–H groups in total. The van der Waals surface area contributed by atoms with Crippen molar-refractivity contribution in [1.29, 1.82) is 0 Å². The smallest absolute Gasteiger partial charge is 0.335 e. The fourth-order valence-corrected chi connectivity index (χ4v) is 3.10. The monoisotopic (exact) mass is 342 g/mol. The van der Waals surface area contributed by atoms with Crippen LogP contribution in [-0.4, -0.2) is 11.1 Å². The minimum Gasteiger partial charge on any atom is -0.478 e. The van der Waals surface area contributed by atoms with E-state index in [1.54, 1.807) is 12.1 Å². The van der Waals surface area contributed by atoms with Gasteiger partial charge in [-0.05, 0) is 36.4 Å². The summed E-state index contributed by atoms with van der Waals surface area (Å²) in [5.41, 5.74) is 0.193. The molecule has 0 unspecified atom stereocenters. The van der Waals surface area contributed by atoms with Crippen molar-refractivity contribution >= 4 is 45.3 Å². The lowest BCUT2D eigenvalue weighted by atomic mass is 10.2. The van der Waals surface area contributed by atoms with E-state index in [4.69, 9.17) is 16.7 Å². The van der Waals surface area contributed by atoms with Crippen molar-refractivity contribution in [3.63, 3.8) is 0 Å². The van der Waals surface area contributed by atoms with Gasteiger partial charge in [0, 0.05) is 14.3 Å². The van der Waals surface area contributed by atoms with E-state index in [1.165, 1.54) is 17.8 Å². The summed E-state index contributed by atoms with van der Waals surface area (Å²) in [5.74, 6) is -0.976. The molecule has 5 heteroatoms. The molecule has 92 valence electrons. The van der Waals surface area contributed by atoms with E-state index < -0.39 is 5.97 Å². The van der Waals surface area contributed by atoms with Gasteiger partial charge in [-0.25, -0.2) is 4.79 Å². The summed E-state index contributed by atoms with van der Waals surface area (Å²) in [6.45, 7) is 0. The summed E-state index contributed by atoms with van der Waals surface area (Å²) in [4.78, 5) is 12.7. The maximum atomic E-state index is 10.8. The Morgan fingerprint density at radius 3 is 2.61 bits per heavy atom. The van der Waals surface area contributed by atoms with Gasteiger partial charge in [0.1, 0.15) is 0 Å². The SMILES string of the molecule is O=C(O)c1ccc(Sc2cccc(Br)c2)c(Cl)c1. The average Bonchev–Trinajstić information content (AvgIpc) is 2.31. The first-order chi connectivity index (χ1) is 8.56. The largest absolute Gasteiger partial charge is 0.478 e. The predicted molar refractivity (Wildman–Crippen MR) is 76.7 cm³/mol. The third kappa shape index (κ3) is 3.28. The maximum Gasteiger partial charge on any atom is 0.335 e. The Hall–Kier alpha value is -0.970. The number of hydrogen-bond donors (Lipinski definition) is 1. The van der Waals surface area contributed by atoms with Crippen LogP contribution in [0.3, 0.4) is 0 Å². The van der Waals surface area contributed by atoms with E-state index in [2.05, 4.69) is 15.9 Å². The van der Waals surface area contributed by atoms with Crippen LogP contribution in [-0.2, 0) is 0 Å². The molecule has 0 aromatic heterocycles. The first-order valence-electron chi connectivity index (χ1n) is 5.02.